The first kappa shape index (κ1) is 29.9. The van der Waals surface area contributed by atoms with E-state index in [-0.39, 0.29) is 34.3 Å². The highest BCUT2D eigenvalue weighted by molar-refractivity contribution is 7.13. The average molecular weight is 615 g/mol. The van der Waals surface area contributed by atoms with Gasteiger partial charge in [0.2, 0.25) is 0 Å². The molecule has 44 heavy (non-hydrogen) atoms. The van der Waals surface area contributed by atoms with Crippen LogP contribution in [0.25, 0.3) is 21.8 Å². The molecule has 0 bridgehead atoms. The van der Waals surface area contributed by atoms with E-state index in [2.05, 4.69) is 10.6 Å². The molecule has 4 atom stereocenters. The third-order valence-corrected chi connectivity index (χ3v) is 9.75. The summed E-state index contributed by atoms with van der Waals surface area (Å²) in [5.74, 6) is -0.531. The van der Waals surface area contributed by atoms with Gasteiger partial charge in [0.1, 0.15) is 23.2 Å². The van der Waals surface area contributed by atoms with E-state index in [9.17, 15) is 19.2 Å². The Morgan fingerprint density at radius 3 is 2.30 bits per heavy atom. The summed E-state index contributed by atoms with van der Waals surface area (Å²) in [6.45, 7) is 4.96. The zero-order valence-electron chi connectivity index (χ0n) is 24.8. The number of benzene rings is 2. The molecule has 11 heteroatoms. The predicted molar refractivity (Wildman–Crippen MR) is 169 cm³/mol. The maximum absolute atomic E-state index is 13.1. The van der Waals surface area contributed by atoms with Crippen molar-refractivity contribution < 1.29 is 28.4 Å². The predicted octanol–water partition coefficient (Wildman–Crippen LogP) is 5.44. The van der Waals surface area contributed by atoms with E-state index >= 15 is 0 Å². The van der Waals surface area contributed by atoms with Gasteiger partial charge in [0.05, 0.1) is 19.2 Å². The van der Waals surface area contributed by atoms with E-state index in [0.29, 0.717) is 37.5 Å². The van der Waals surface area contributed by atoms with Gasteiger partial charge in [-0.1, -0.05) is 24.3 Å². The summed E-state index contributed by atoms with van der Waals surface area (Å²) in [5, 5.41) is 8.68. The quantitative estimate of drug-likeness (QED) is 0.282. The van der Waals surface area contributed by atoms with Crippen molar-refractivity contribution in [1.82, 2.24) is 9.88 Å². The van der Waals surface area contributed by atoms with E-state index < -0.39 is 12.1 Å². The molecule has 5 amide bonds. The molecule has 10 nitrogen and oxygen atoms in total. The Morgan fingerprint density at radius 1 is 0.955 bits per heavy atom. The molecule has 2 aromatic carbocycles. The Morgan fingerprint density at radius 2 is 1.66 bits per heavy atom. The number of hydrogen-bond acceptors (Lipinski definition) is 7. The number of ether oxygens (including phenoxy) is 1. The van der Waals surface area contributed by atoms with E-state index in [4.69, 9.17) is 9.72 Å². The van der Waals surface area contributed by atoms with Crippen LogP contribution >= 0.6 is 11.3 Å². The van der Waals surface area contributed by atoms with Crippen molar-refractivity contribution in [1.29, 1.82) is 0 Å². The number of quaternary nitrogens is 1. The molecule has 228 valence electrons. The van der Waals surface area contributed by atoms with E-state index in [0.717, 1.165) is 41.1 Å². The molecule has 1 unspecified atom stereocenters. The van der Waals surface area contributed by atoms with Crippen molar-refractivity contribution in [2.24, 2.45) is 0 Å². The van der Waals surface area contributed by atoms with Crippen LogP contribution in [0.5, 0.6) is 0 Å². The molecule has 0 saturated carbocycles. The monoisotopic (exact) mass is 614 g/mol. The van der Waals surface area contributed by atoms with Crippen molar-refractivity contribution in [3.63, 3.8) is 0 Å². The van der Waals surface area contributed by atoms with Gasteiger partial charge in [-0.2, -0.15) is 4.48 Å². The number of hydrogen-bond donors (Lipinski definition) is 2. The Kier molecular flexibility index (Phi) is 8.44. The van der Waals surface area contributed by atoms with Crippen LogP contribution in [-0.4, -0.2) is 76.0 Å². The highest BCUT2D eigenvalue weighted by atomic mass is 32.1. The Hall–Kier alpha value is -4.19. The van der Waals surface area contributed by atoms with Crippen molar-refractivity contribution in [3.05, 3.63) is 66.1 Å². The number of imide groups is 1. The van der Waals surface area contributed by atoms with Crippen molar-refractivity contribution >= 4 is 46.5 Å². The van der Waals surface area contributed by atoms with Crippen LogP contribution in [0.4, 0.5) is 16.2 Å². The zero-order chi connectivity index (χ0) is 30.8. The van der Waals surface area contributed by atoms with E-state index in [1.165, 1.54) is 18.3 Å². The summed E-state index contributed by atoms with van der Waals surface area (Å²) in [6.07, 6.45) is 6.38. The third-order valence-electron chi connectivity index (χ3n) is 8.86. The summed E-state index contributed by atoms with van der Waals surface area (Å²) in [6, 6.07) is 14.0. The lowest BCUT2D eigenvalue weighted by Gasteiger charge is -2.31. The minimum Gasteiger partial charge on any atom is -0.368 e. The van der Waals surface area contributed by atoms with Gasteiger partial charge in [0.15, 0.2) is 0 Å². The second-order valence-corrected chi connectivity index (χ2v) is 12.4. The Bertz CT molecular complexity index is 1600. The number of rotatable bonds is 6. The fourth-order valence-corrected chi connectivity index (χ4v) is 7.16. The molecule has 3 aromatic rings. The molecule has 2 N–H and O–H groups in total. The molecule has 0 radical (unpaired) electrons. The number of anilines is 2. The fraction of sp³-hybridized carbons (Fsp3) is 0.364. The fourth-order valence-electron chi connectivity index (χ4n) is 6.32. The number of aromatic nitrogens is 1. The first-order valence-corrected chi connectivity index (χ1v) is 15.9. The largest absolute Gasteiger partial charge is 0.428 e. The SMILES string of the molecule is CC(=O)[N+]1(C(=O)Nc2ccc(-c3nc(-c4ccc(NC(=O)[C@@H]5C=CCN5C(=O)[C@@H]5CCCO5)cc4)cs3)cc2)CCC[C@H]1C. The zero-order valence-corrected chi connectivity index (χ0v) is 25.6. The number of carbonyl (C=O) groups is 4. The number of likely N-dealkylation sites (tertiary alicyclic amines) is 1. The van der Waals surface area contributed by atoms with Crippen molar-refractivity contribution in [2.75, 3.05) is 30.3 Å². The Balaban J connectivity index is 1.07. The summed E-state index contributed by atoms with van der Waals surface area (Å²) in [4.78, 5) is 57.8. The topological polar surface area (TPSA) is 118 Å². The lowest BCUT2D eigenvalue weighted by Crippen LogP contribution is -2.59. The van der Waals surface area contributed by atoms with Crippen LogP contribution in [0.1, 0.15) is 39.5 Å². The highest BCUT2D eigenvalue weighted by Gasteiger charge is 2.50. The summed E-state index contributed by atoms with van der Waals surface area (Å²) >= 11 is 1.51. The smallest absolute Gasteiger partial charge is 0.368 e. The molecule has 6 rings (SSSR count). The number of thiazole rings is 1. The third kappa shape index (κ3) is 5.70. The molecule has 1 aromatic heterocycles. The molecular formula is C33H36N5O5S+. The van der Waals surface area contributed by atoms with Crippen molar-refractivity contribution in [2.45, 2.75) is 57.7 Å². The van der Waals surface area contributed by atoms with Gasteiger partial charge >= 0.3 is 11.9 Å². The Labute approximate surface area is 260 Å². The van der Waals surface area contributed by atoms with Crippen LogP contribution in [0.2, 0.25) is 0 Å². The van der Waals surface area contributed by atoms with Crippen molar-refractivity contribution in [3.8, 4) is 21.8 Å². The molecule has 0 spiro atoms. The molecule has 2 saturated heterocycles. The van der Waals surface area contributed by atoms with E-state index in [1.54, 1.807) is 11.0 Å². The second-order valence-electron chi connectivity index (χ2n) is 11.6. The number of amides is 5. The minimum atomic E-state index is -0.659. The van der Waals surface area contributed by atoms with Gasteiger partial charge in [-0.25, -0.2) is 14.6 Å². The standard InChI is InChI=1S/C33H35N5O5S/c1-21-6-4-18-38(21,22(2)39)33(42)35-26-15-11-24(12-16-26)31-36-27(20-44-31)23-9-13-25(14-10-23)34-30(40)28-7-3-17-37(28)32(41)29-8-5-19-43-29/h3,7,9-16,20-21,28-29H,4-6,8,17-19H2,1-2H3,(H-,34,35,36,40,42)/p+1/t21-,28+,29+,38?/m1/s1. The summed E-state index contributed by atoms with van der Waals surface area (Å²) < 4.78 is 5.37. The van der Waals surface area contributed by atoms with Gasteiger partial charge in [0, 0.05) is 53.9 Å². The summed E-state index contributed by atoms with van der Waals surface area (Å²) in [7, 11) is 0. The number of urea groups is 1. The van der Waals surface area contributed by atoms with Gasteiger partial charge in [-0.3, -0.25) is 14.9 Å². The first-order chi connectivity index (χ1) is 21.3. The number of nitrogens with one attached hydrogen (secondary N) is 2. The molecule has 4 heterocycles. The van der Waals surface area contributed by atoms with Crippen LogP contribution in [0.15, 0.2) is 66.1 Å². The van der Waals surface area contributed by atoms with Gasteiger partial charge in [-0.15, -0.1) is 11.3 Å². The van der Waals surface area contributed by atoms with Crippen LogP contribution < -0.4 is 10.6 Å². The van der Waals surface area contributed by atoms with Gasteiger partial charge in [-0.05, 0) is 56.2 Å². The lowest BCUT2D eigenvalue weighted by molar-refractivity contribution is -0.781. The maximum atomic E-state index is 13.1. The molecule has 3 aliphatic rings. The average Bonchev–Trinajstić information content (AvgIpc) is 3.84. The van der Waals surface area contributed by atoms with Crippen LogP contribution in [0, 0.1) is 0 Å². The first-order valence-electron chi connectivity index (χ1n) is 15.0. The second kappa shape index (κ2) is 12.4. The number of nitrogens with zero attached hydrogens (tertiary/aromatic N) is 3. The minimum absolute atomic E-state index is 0.0341. The molecular weight excluding hydrogens is 578 g/mol. The molecule has 0 aliphatic carbocycles. The highest BCUT2D eigenvalue weighted by Crippen LogP contribution is 2.32. The summed E-state index contributed by atoms with van der Waals surface area (Å²) in [5.41, 5.74) is 3.90. The van der Waals surface area contributed by atoms with Crippen LogP contribution in [-0.2, 0) is 19.1 Å². The van der Waals surface area contributed by atoms with Gasteiger partial charge < -0.3 is 15.0 Å². The molecule has 3 aliphatic heterocycles. The molecule has 2 fully saturated rings. The lowest BCUT2D eigenvalue weighted by atomic mass is 10.1. The van der Waals surface area contributed by atoms with E-state index in [1.807, 2.05) is 66.9 Å². The number of carbonyl (C=O) groups excluding carboxylic acids is 4. The van der Waals surface area contributed by atoms with Crippen LogP contribution in [0.3, 0.4) is 0 Å². The van der Waals surface area contributed by atoms with Gasteiger partial charge in [0.25, 0.3) is 11.8 Å². The normalized spacial score (nSPS) is 24.4. The maximum Gasteiger partial charge on any atom is 0.428 e.